The molecule has 1 heterocycles. The number of carboxylic acids is 1. The molecule has 0 radical (unpaired) electrons. The number of hydrogen-bond donors (Lipinski definition) is 2. The molecule has 5 heteroatoms. The lowest BCUT2D eigenvalue weighted by Gasteiger charge is -2.39. The first kappa shape index (κ1) is 16.1. The second kappa shape index (κ2) is 5.85. The Labute approximate surface area is 127 Å². The van der Waals surface area contributed by atoms with E-state index in [2.05, 4.69) is 19.2 Å². The van der Waals surface area contributed by atoms with Crippen LogP contribution in [0.15, 0.2) is 0 Å². The van der Waals surface area contributed by atoms with Crippen LogP contribution in [-0.2, 0) is 4.79 Å². The van der Waals surface area contributed by atoms with Gasteiger partial charge >= 0.3 is 12.0 Å². The van der Waals surface area contributed by atoms with Gasteiger partial charge in [0.1, 0.15) is 0 Å². The fourth-order valence-corrected chi connectivity index (χ4v) is 3.40. The van der Waals surface area contributed by atoms with Crippen molar-refractivity contribution < 1.29 is 14.7 Å². The number of amides is 2. The third-order valence-electron chi connectivity index (χ3n) is 5.17. The molecular weight excluding hydrogens is 268 g/mol. The number of carbonyl (C=O) groups excluding carboxylic acids is 1. The zero-order valence-corrected chi connectivity index (χ0v) is 13.4. The van der Waals surface area contributed by atoms with Crippen LogP contribution in [0.25, 0.3) is 0 Å². The summed E-state index contributed by atoms with van der Waals surface area (Å²) >= 11 is 0. The summed E-state index contributed by atoms with van der Waals surface area (Å²) in [6, 6.07) is 0.149. The normalized spacial score (nSPS) is 30.0. The predicted octanol–water partition coefficient (Wildman–Crippen LogP) is 2.85. The molecule has 1 atom stereocenters. The van der Waals surface area contributed by atoms with Gasteiger partial charge in [0, 0.05) is 19.1 Å². The number of hydrogen-bond acceptors (Lipinski definition) is 2. The number of nitrogens with one attached hydrogen (secondary N) is 1. The van der Waals surface area contributed by atoms with Gasteiger partial charge in [0.2, 0.25) is 0 Å². The van der Waals surface area contributed by atoms with Crippen molar-refractivity contribution in [3.63, 3.8) is 0 Å². The van der Waals surface area contributed by atoms with Crippen LogP contribution >= 0.6 is 0 Å². The fourth-order valence-electron chi connectivity index (χ4n) is 3.40. The van der Waals surface area contributed by atoms with Gasteiger partial charge in [-0.25, -0.2) is 4.79 Å². The number of nitrogens with zero attached hydrogens (tertiary/aromatic N) is 1. The molecule has 0 aromatic heterocycles. The van der Waals surface area contributed by atoms with Gasteiger partial charge in [-0.05, 0) is 50.9 Å². The molecule has 0 aromatic carbocycles. The summed E-state index contributed by atoms with van der Waals surface area (Å²) < 4.78 is 0. The lowest BCUT2D eigenvalue weighted by atomic mass is 9.75. The highest BCUT2D eigenvalue weighted by Gasteiger charge is 2.40. The Hall–Kier alpha value is -1.26. The van der Waals surface area contributed by atoms with E-state index in [-0.39, 0.29) is 12.1 Å². The molecule has 1 saturated heterocycles. The van der Waals surface area contributed by atoms with E-state index in [0.29, 0.717) is 24.9 Å². The molecule has 2 fully saturated rings. The quantitative estimate of drug-likeness (QED) is 0.823. The molecule has 21 heavy (non-hydrogen) atoms. The van der Waals surface area contributed by atoms with Crippen molar-refractivity contribution >= 4 is 12.0 Å². The van der Waals surface area contributed by atoms with Crippen molar-refractivity contribution in [3.8, 4) is 0 Å². The van der Waals surface area contributed by atoms with E-state index in [1.54, 1.807) is 11.8 Å². The Morgan fingerprint density at radius 3 is 2.33 bits per heavy atom. The Morgan fingerprint density at radius 2 is 1.76 bits per heavy atom. The maximum atomic E-state index is 12.4. The van der Waals surface area contributed by atoms with Crippen LogP contribution in [0.5, 0.6) is 0 Å². The number of carboxylic acid groups (broad SMARTS) is 1. The van der Waals surface area contributed by atoms with Crippen LogP contribution in [-0.4, -0.2) is 41.1 Å². The van der Waals surface area contributed by atoms with Crippen LogP contribution in [0.3, 0.4) is 0 Å². The molecule has 1 saturated carbocycles. The number of urea groups is 1. The average Bonchev–Trinajstić information content (AvgIpc) is 2.41. The molecule has 2 rings (SSSR count). The second-order valence-corrected chi connectivity index (χ2v) is 7.78. The van der Waals surface area contributed by atoms with Crippen LogP contribution in [0.4, 0.5) is 4.79 Å². The SMILES string of the molecule is CC1(C)CCC(NC(=O)N2CCCC(C)(C(=O)O)C2)CC1. The van der Waals surface area contributed by atoms with Gasteiger partial charge in [0.05, 0.1) is 5.41 Å². The average molecular weight is 296 g/mol. The van der Waals surface area contributed by atoms with Crippen LogP contribution < -0.4 is 5.32 Å². The Balaban J connectivity index is 1.87. The minimum absolute atomic E-state index is 0.0909. The van der Waals surface area contributed by atoms with Crippen LogP contribution in [0.1, 0.15) is 59.3 Å². The maximum absolute atomic E-state index is 12.4. The van der Waals surface area contributed by atoms with E-state index in [1.165, 1.54) is 0 Å². The van der Waals surface area contributed by atoms with Crippen molar-refractivity contribution in [3.05, 3.63) is 0 Å². The molecule has 1 unspecified atom stereocenters. The highest BCUT2D eigenvalue weighted by Crippen LogP contribution is 2.35. The van der Waals surface area contributed by atoms with E-state index in [0.717, 1.165) is 32.1 Å². The first-order chi connectivity index (χ1) is 9.72. The summed E-state index contributed by atoms with van der Waals surface area (Å²) in [4.78, 5) is 25.4. The molecule has 5 nitrogen and oxygen atoms in total. The smallest absolute Gasteiger partial charge is 0.317 e. The number of rotatable bonds is 2. The summed E-state index contributed by atoms with van der Waals surface area (Å²) in [6.45, 7) is 7.25. The van der Waals surface area contributed by atoms with E-state index < -0.39 is 11.4 Å². The molecule has 120 valence electrons. The van der Waals surface area contributed by atoms with E-state index in [1.807, 2.05) is 0 Å². The molecular formula is C16H28N2O3. The minimum Gasteiger partial charge on any atom is -0.481 e. The van der Waals surface area contributed by atoms with Gasteiger partial charge in [-0.2, -0.15) is 0 Å². The maximum Gasteiger partial charge on any atom is 0.317 e. The van der Waals surface area contributed by atoms with Crippen molar-refractivity contribution in [1.82, 2.24) is 10.2 Å². The summed E-state index contributed by atoms with van der Waals surface area (Å²) in [5.41, 5.74) is -0.418. The van der Waals surface area contributed by atoms with Crippen molar-refractivity contribution in [2.24, 2.45) is 10.8 Å². The second-order valence-electron chi connectivity index (χ2n) is 7.78. The van der Waals surface area contributed by atoms with Crippen molar-refractivity contribution in [2.45, 2.75) is 65.3 Å². The molecule has 1 aliphatic heterocycles. The number of aliphatic carboxylic acids is 1. The number of piperidine rings is 1. The van der Waals surface area contributed by atoms with Gasteiger partial charge in [0.25, 0.3) is 0 Å². The molecule has 1 aliphatic carbocycles. The van der Waals surface area contributed by atoms with E-state index in [4.69, 9.17) is 0 Å². The predicted molar refractivity (Wildman–Crippen MR) is 81.1 cm³/mol. The van der Waals surface area contributed by atoms with Gasteiger partial charge in [-0.1, -0.05) is 13.8 Å². The minimum atomic E-state index is -0.806. The molecule has 0 bridgehead atoms. The van der Waals surface area contributed by atoms with Gasteiger partial charge < -0.3 is 15.3 Å². The summed E-state index contributed by atoms with van der Waals surface area (Å²) in [7, 11) is 0. The topological polar surface area (TPSA) is 69.6 Å². The van der Waals surface area contributed by atoms with Crippen LogP contribution in [0.2, 0.25) is 0 Å². The summed E-state index contributed by atoms with van der Waals surface area (Å²) in [5, 5.41) is 12.4. The molecule has 2 amide bonds. The van der Waals surface area contributed by atoms with Gasteiger partial charge in [-0.15, -0.1) is 0 Å². The van der Waals surface area contributed by atoms with Crippen molar-refractivity contribution in [1.29, 1.82) is 0 Å². The molecule has 2 aliphatic rings. The zero-order valence-electron chi connectivity index (χ0n) is 13.4. The van der Waals surface area contributed by atoms with Gasteiger partial charge in [0.15, 0.2) is 0 Å². The Morgan fingerprint density at radius 1 is 1.14 bits per heavy atom. The highest BCUT2D eigenvalue weighted by atomic mass is 16.4. The molecule has 0 aromatic rings. The monoisotopic (exact) mass is 296 g/mol. The molecule has 0 spiro atoms. The Bertz CT molecular complexity index is 412. The summed E-state index contributed by atoms with van der Waals surface area (Å²) in [6.07, 6.45) is 5.69. The standard InChI is InChI=1S/C16H28N2O3/c1-15(2)8-5-12(6-9-15)17-14(21)18-10-4-7-16(3,11-18)13(19)20/h12H,4-11H2,1-3H3,(H,17,21)(H,19,20). The zero-order chi connectivity index (χ0) is 15.7. The van der Waals surface area contributed by atoms with Crippen molar-refractivity contribution in [2.75, 3.05) is 13.1 Å². The first-order valence-electron chi connectivity index (χ1n) is 8.01. The lowest BCUT2D eigenvalue weighted by molar-refractivity contribution is -0.150. The van der Waals surface area contributed by atoms with E-state index >= 15 is 0 Å². The highest BCUT2D eigenvalue weighted by molar-refractivity contribution is 5.78. The largest absolute Gasteiger partial charge is 0.481 e. The van der Waals surface area contributed by atoms with Gasteiger partial charge in [-0.3, -0.25) is 4.79 Å². The lowest BCUT2D eigenvalue weighted by Crippen LogP contribution is -2.53. The van der Waals surface area contributed by atoms with Crippen LogP contribution in [0, 0.1) is 10.8 Å². The number of carbonyl (C=O) groups is 2. The first-order valence-corrected chi connectivity index (χ1v) is 8.01. The molecule has 2 N–H and O–H groups in total. The Kier molecular flexibility index (Phi) is 4.49. The summed E-state index contributed by atoms with van der Waals surface area (Å²) in [5.74, 6) is -0.806. The fraction of sp³-hybridized carbons (Fsp3) is 0.875. The van der Waals surface area contributed by atoms with E-state index in [9.17, 15) is 14.7 Å². The number of likely N-dealkylation sites (tertiary alicyclic amines) is 1. The third kappa shape index (κ3) is 3.89. The third-order valence-corrected chi connectivity index (χ3v) is 5.17.